The van der Waals surface area contributed by atoms with Gasteiger partial charge in [0.05, 0.1) is 11.6 Å². The maximum atomic E-state index is 13.0. The number of rotatable bonds is 4. The maximum Gasteiger partial charge on any atom is 0.228 e. The number of aryl methyl sites for hydroxylation is 1. The molecule has 6 nitrogen and oxygen atoms in total. The van der Waals surface area contributed by atoms with Crippen molar-refractivity contribution in [2.24, 2.45) is 5.41 Å². The molecule has 0 aliphatic carbocycles. The van der Waals surface area contributed by atoms with E-state index >= 15 is 0 Å². The number of carbonyl (C=O) groups excluding carboxylic acids is 1. The summed E-state index contributed by atoms with van der Waals surface area (Å²) in [5.74, 6) is 0.325. The van der Waals surface area contributed by atoms with Gasteiger partial charge in [-0.1, -0.05) is 6.92 Å². The van der Waals surface area contributed by atoms with Crippen LogP contribution in [0.25, 0.3) is 0 Å². The Balaban J connectivity index is 1.55. The lowest BCUT2D eigenvalue weighted by molar-refractivity contribution is -0.146. The zero-order valence-electron chi connectivity index (χ0n) is 15.0. The van der Waals surface area contributed by atoms with E-state index in [1.165, 1.54) is 5.56 Å². The Morgan fingerprint density at radius 2 is 2.04 bits per heavy atom. The predicted octanol–water partition coefficient (Wildman–Crippen LogP) is 1.75. The summed E-state index contributed by atoms with van der Waals surface area (Å²) in [6, 6.07) is 0. The summed E-state index contributed by atoms with van der Waals surface area (Å²) in [7, 11) is 0. The van der Waals surface area contributed by atoms with Gasteiger partial charge in [0.1, 0.15) is 0 Å². The minimum absolute atomic E-state index is 0.227. The Labute approximate surface area is 144 Å². The Bertz CT molecular complexity index is 551. The molecule has 3 rings (SSSR count). The highest BCUT2D eigenvalue weighted by Gasteiger charge is 2.38. The van der Waals surface area contributed by atoms with Gasteiger partial charge in [0, 0.05) is 64.2 Å². The molecule has 0 bridgehead atoms. The quantitative estimate of drug-likeness (QED) is 0.842. The van der Waals surface area contributed by atoms with Gasteiger partial charge in [-0.15, -0.1) is 0 Å². The van der Waals surface area contributed by atoms with E-state index in [0.717, 1.165) is 58.5 Å². The van der Waals surface area contributed by atoms with Crippen LogP contribution in [0.2, 0.25) is 0 Å². The summed E-state index contributed by atoms with van der Waals surface area (Å²) < 4.78 is 7.40. The summed E-state index contributed by atoms with van der Waals surface area (Å²) in [4.78, 5) is 17.5. The maximum absolute atomic E-state index is 13.0. The molecule has 1 amide bonds. The molecule has 2 aliphatic heterocycles. The van der Waals surface area contributed by atoms with Crippen LogP contribution in [-0.2, 0) is 22.6 Å². The van der Waals surface area contributed by atoms with Gasteiger partial charge in [0.15, 0.2) is 0 Å². The van der Waals surface area contributed by atoms with Gasteiger partial charge in [0.25, 0.3) is 0 Å². The smallest absolute Gasteiger partial charge is 0.228 e. The minimum atomic E-state index is -0.227. The van der Waals surface area contributed by atoms with Crippen LogP contribution in [0, 0.1) is 5.41 Å². The number of hydrogen-bond acceptors (Lipinski definition) is 4. The lowest BCUT2D eigenvalue weighted by atomic mass is 9.81. The van der Waals surface area contributed by atoms with Crippen LogP contribution in [0.5, 0.6) is 0 Å². The van der Waals surface area contributed by atoms with E-state index < -0.39 is 0 Å². The Hall–Kier alpha value is -1.40. The van der Waals surface area contributed by atoms with Gasteiger partial charge in [-0.2, -0.15) is 5.10 Å². The average Bonchev–Trinajstić information content (AvgIpc) is 2.92. The first-order chi connectivity index (χ1) is 11.6. The molecule has 1 aromatic heterocycles. The number of nitrogens with zero attached hydrogens (tertiary/aromatic N) is 4. The number of amides is 1. The van der Waals surface area contributed by atoms with Crippen molar-refractivity contribution in [3.63, 3.8) is 0 Å². The third-order valence-electron chi connectivity index (χ3n) is 5.41. The standard InChI is InChI=1S/C18H30N4O2/c1-3-22-15-16(13-19-22)14-20-7-4-8-21(10-9-20)17(23)18(2)5-11-24-12-6-18/h13,15H,3-12,14H2,1-2H3. The van der Waals surface area contributed by atoms with Crippen molar-refractivity contribution in [3.8, 4) is 0 Å². The van der Waals surface area contributed by atoms with Gasteiger partial charge in [-0.25, -0.2) is 0 Å². The first-order valence-electron chi connectivity index (χ1n) is 9.21. The van der Waals surface area contributed by atoms with Gasteiger partial charge in [-0.05, 0) is 26.2 Å². The van der Waals surface area contributed by atoms with Crippen LogP contribution in [0.4, 0.5) is 0 Å². The van der Waals surface area contributed by atoms with E-state index in [1.807, 2.05) is 10.9 Å². The van der Waals surface area contributed by atoms with Crippen molar-refractivity contribution in [2.45, 2.75) is 46.2 Å². The number of aromatic nitrogens is 2. The highest BCUT2D eigenvalue weighted by Crippen LogP contribution is 2.32. The van der Waals surface area contributed by atoms with E-state index in [1.54, 1.807) is 0 Å². The third kappa shape index (κ3) is 3.98. The molecule has 6 heteroatoms. The average molecular weight is 334 g/mol. The summed E-state index contributed by atoms with van der Waals surface area (Å²) in [6.07, 6.45) is 6.82. The fourth-order valence-corrected chi connectivity index (χ4v) is 3.67. The molecular weight excluding hydrogens is 304 g/mol. The first-order valence-corrected chi connectivity index (χ1v) is 9.21. The van der Waals surface area contributed by atoms with Crippen molar-refractivity contribution in [2.75, 3.05) is 39.4 Å². The zero-order chi connectivity index (χ0) is 17.0. The Morgan fingerprint density at radius 3 is 2.75 bits per heavy atom. The topological polar surface area (TPSA) is 50.6 Å². The molecule has 3 heterocycles. The molecular formula is C18H30N4O2. The summed E-state index contributed by atoms with van der Waals surface area (Å²) in [5.41, 5.74) is 1.03. The highest BCUT2D eigenvalue weighted by molar-refractivity contribution is 5.82. The summed E-state index contributed by atoms with van der Waals surface area (Å²) in [6.45, 7) is 11.2. The van der Waals surface area contributed by atoms with Gasteiger partial charge in [0.2, 0.25) is 5.91 Å². The lowest BCUT2D eigenvalue weighted by Gasteiger charge is -2.36. The van der Waals surface area contributed by atoms with Crippen LogP contribution in [0.15, 0.2) is 12.4 Å². The molecule has 0 aromatic carbocycles. The number of carbonyl (C=O) groups is 1. The molecule has 0 atom stereocenters. The number of hydrogen-bond donors (Lipinski definition) is 0. The Morgan fingerprint density at radius 1 is 1.25 bits per heavy atom. The van der Waals surface area contributed by atoms with E-state index in [4.69, 9.17) is 4.74 Å². The summed E-state index contributed by atoms with van der Waals surface area (Å²) in [5, 5.41) is 4.35. The van der Waals surface area contributed by atoms with Crippen molar-refractivity contribution >= 4 is 5.91 Å². The second kappa shape index (κ2) is 7.66. The molecule has 134 valence electrons. The Kier molecular flexibility index (Phi) is 5.56. The molecule has 2 saturated heterocycles. The fraction of sp³-hybridized carbons (Fsp3) is 0.778. The number of ether oxygens (including phenoxy) is 1. The van der Waals surface area contributed by atoms with E-state index in [9.17, 15) is 4.79 Å². The molecule has 24 heavy (non-hydrogen) atoms. The molecule has 1 aromatic rings. The highest BCUT2D eigenvalue weighted by atomic mass is 16.5. The molecule has 0 spiro atoms. The molecule has 2 fully saturated rings. The zero-order valence-corrected chi connectivity index (χ0v) is 15.0. The predicted molar refractivity (Wildman–Crippen MR) is 92.5 cm³/mol. The first kappa shape index (κ1) is 17.4. The van der Waals surface area contributed by atoms with Crippen molar-refractivity contribution in [3.05, 3.63) is 18.0 Å². The van der Waals surface area contributed by atoms with Crippen molar-refractivity contribution in [1.82, 2.24) is 19.6 Å². The molecule has 0 radical (unpaired) electrons. The van der Waals surface area contributed by atoms with E-state index in [0.29, 0.717) is 19.1 Å². The molecule has 2 aliphatic rings. The SMILES string of the molecule is CCn1cc(CN2CCCN(C(=O)C3(C)CCOCC3)CC2)cn1. The van der Waals surface area contributed by atoms with Crippen LogP contribution < -0.4 is 0 Å². The van der Waals surface area contributed by atoms with Crippen LogP contribution >= 0.6 is 0 Å². The summed E-state index contributed by atoms with van der Waals surface area (Å²) >= 11 is 0. The van der Waals surface area contributed by atoms with Crippen LogP contribution in [0.1, 0.15) is 38.7 Å². The van der Waals surface area contributed by atoms with E-state index in [2.05, 4.69) is 34.9 Å². The lowest BCUT2D eigenvalue weighted by Crippen LogP contribution is -2.46. The van der Waals surface area contributed by atoms with Gasteiger partial charge >= 0.3 is 0 Å². The second-order valence-electron chi connectivity index (χ2n) is 7.30. The third-order valence-corrected chi connectivity index (χ3v) is 5.41. The fourth-order valence-electron chi connectivity index (χ4n) is 3.67. The van der Waals surface area contributed by atoms with Crippen molar-refractivity contribution in [1.29, 1.82) is 0 Å². The molecule has 0 saturated carbocycles. The monoisotopic (exact) mass is 334 g/mol. The van der Waals surface area contributed by atoms with Crippen LogP contribution in [-0.4, -0.2) is 64.9 Å². The van der Waals surface area contributed by atoms with E-state index in [-0.39, 0.29) is 5.41 Å². The normalized spacial score (nSPS) is 22.3. The minimum Gasteiger partial charge on any atom is -0.381 e. The second-order valence-corrected chi connectivity index (χ2v) is 7.30. The molecule has 0 N–H and O–H groups in total. The van der Waals surface area contributed by atoms with Gasteiger partial charge in [-0.3, -0.25) is 14.4 Å². The van der Waals surface area contributed by atoms with Gasteiger partial charge < -0.3 is 9.64 Å². The van der Waals surface area contributed by atoms with Crippen LogP contribution in [0.3, 0.4) is 0 Å². The molecule has 0 unspecified atom stereocenters. The largest absolute Gasteiger partial charge is 0.381 e. The van der Waals surface area contributed by atoms with Crippen molar-refractivity contribution < 1.29 is 9.53 Å².